The lowest BCUT2D eigenvalue weighted by Gasteiger charge is -2.13. The maximum absolute atomic E-state index is 5.99. The molecule has 1 aliphatic rings. The molecule has 0 saturated carbocycles. The van der Waals surface area contributed by atoms with Crippen molar-refractivity contribution in [1.29, 1.82) is 0 Å². The van der Waals surface area contributed by atoms with Gasteiger partial charge in [-0.1, -0.05) is 15.9 Å². The van der Waals surface area contributed by atoms with Gasteiger partial charge < -0.3 is 20.9 Å². The summed E-state index contributed by atoms with van der Waals surface area (Å²) in [5, 5.41) is 0. The quantitative estimate of drug-likeness (QED) is 0.895. The normalized spacial score (nSPS) is 14.4. The van der Waals surface area contributed by atoms with Gasteiger partial charge in [-0.15, -0.1) is 12.4 Å². The zero-order valence-corrected chi connectivity index (χ0v) is 11.0. The number of benzene rings is 1. The third-order valence-electron chi connectivity index (χ3n) is 2.37. The van der Waals surface area contributed by atoms with Crippen LogP contribution in [0.25, 0.3) is 0 Å². The van der Waals surface area contributed by atoms with Crippen molar-refractivity contribution in [1.82, 2.24) is 0 Å². The molecule has 0 bridgehead atoms. The van der Waals surface area contributed by atoms with Crippen LogP contribution in [0.2, 0.25) is 0 Å². The van der Waals surface area contributed by atoms with Crippen LogP contribution in [-0.2, 0) is 0 Å². The van der Waals surface area contributed by atoms with Crippen LogP contribution in [0.4, 0.5) is 0 Å². The van der Waals surface area contributed by atoms with Gasteiger partial charge in [-0.05, 0) is 30.7 Å². The molecule has 1 aromatic carbocycles. The van der Waals surface area contributed by atoms with E-state index in [1.54, 1.807) is 0 Å². The Hall–Kier alpha value is -0.490. The molecule has 4 nitrogen and oxygen atoms in total. The number of hydrogen-bond donors (Lipinski definition) is 2. The fourth-order valence-electron chi connectivity index (χ4n) is 1.55. The molecule has 16 heavy (non-hydrogen) atoms. The second-order valence-corrected chi connectivity index (χ2v) is 4.27. The van der Waals surface area contributed by atoms with Crippen LogP contribution in [0.5, 0.6) is 11.5 Å². The van der Waals surface area contributed by atoms with Gasteiger partial charge in [0.15, 0.2) is 11.5 Å². The van der Waals surface area contributed by atoms with Crippen LogP contribution >= 0.6 is 28.3 Å². The van der Waals surface area contributed by atoms with Gasteiger partial charge in [0.1, 0.15) is 0 Å². The maximum Gasteiger partial charge on any atom is 0.231 e. The van der Waals surface area contributed by atoms with Crippen LogP contribution in [0, 0.1) is 0 Å². The lowest BCUT2D eigenvalue weighted by atomic mass is 10.0. The van der Waals surface area contributed by atoms with E-state index in [2.05, 4.69) is 15.9 Å². The Balaban J connectivity index is 0.00000128. The molecule has 2 rings (SSSR count). The van der Waals surface area contributed by atoms with Crippen molar-refractivity contribution in [3.8, 4) is 11.5 Å². The summed E-state index contributed by atoms with van der Waals surface area (Å²) >= 11 is 3.46. The molecule has 4 N–H and O–H groups in total. The van der Waals surface area contributed by atoms with Crippen molar-refractivity contribution in [2.75, 3.05) is 13.3 Å². The van der Waals surface area contributed by atoms with Gasteiger partial charge in [0.05, 0.1) is 0 Å². The molecule has 90 valence electrons. The summed E-state index contributed by atoms with van der Waals surface area (Å²) in [6.07, 6.45) is 0.748. The first-order valence-corrected chi connectivity index (χ1v) is 5.56. The molecule has 0 unspecified atom stereocenters. The van der Waals surface area contributed by atoms with Gasteiger partial charge in [0.25, 0.3) is 0 Å². The third-order valence-corrected chi connectivity index (χ3v) is 3.06. The van der Waals surface area contributed by atoms with E-state index in [9.17, 15) is 0 Å². The largest absolute Gasteiger partial charge is 0.454 e. The molecule has 0 radical (unpaired) electrons. The summed E-state index contributed by atoms with van der Waals surface area (Å²) in [7, 11) is 0. The molecule has 0 amide bonds. The summed E-state index contributed by atoms with van der Waals surface area (Å²) in [6, 6.07) is 3.72. The Labute approximate surface area is 109 Å². The first-order chi connectivity index (χ1) is 7.22. The Morgan fingerprint density at radius 3 is 2.56 bits per heavy atom. The maximum atomic E-state index is 5.99. The molecule has 0 aromatic heterocycles. The van der Waals surface area contributed by atoms with E-state index in [4.69, 9.17) is 20.9 Å². The second kappa shape index (κ2) is 5.72. The van der Waals surface area contributed by atoms with Gasteiger partial charge in [0, 0.05) is 10.5 Å². The fourth-order valence-corrected chi connectivity index (χ4v) is 2.17. The second-order valence-electron chi connectivity index (χ2n) is 3.41. The third kappa shape index (κ3) is 2.60. The highest BCUT2D eigenvalue weighted by Gasteiger charge is 2.18. The highest BCUT2D eigenvalue weighted by atomic mass is 79.9. The van der Waals surface area contributed by atoms with E-state index >= 15 is 0 Å². The smallest absolute Gasteiger partial charge is 0.231 e. The minimum absolute atomic E-state index is 0. The van der Waals surface area contributed by atoms with Crippen molar-refractivity contribution in [2.45, 2.75) is 12.5 Å². The van der Waals surface area contributed by atoms with Gasteiger partial charge in [-0.25, -0.2) is 0 Å². The topological polar surface area (TPSA) is 70.5 Å². The highest BCUT2D eigenvalue weighted by Crippen LogP contribution is 2.38. The Kier molecular flexibility index (Phi) is 4.86. The van der Waals surface area contributed by atoms with Gasteiger partial charge in [-0.3, -0.25) is 0 Å². The summed E-state index contributed by atoms with van der Waals surface area (Å²) in [5.74, 6) is 1.51. The van der Waals surface area contributed by atoms with E-state index in [0.717, 1.165) is 28.0 Å². The van der Waals surface area contributed by atoms with Crippen molar-refractivity contribution < 1.29 is 9.47 Å². The van der Waals surface area contributed by atoms with Crippen LogP contribution in [0.15, 0.2) is 16.6 Å². The van der Waals surface area contributed by atoms with Gasteiger partial charge in [-0.2, -0.15) is 0 Å². The summed E-state index contributed by atoms with van der Waals surface area (Å²) in [6.45, 7) is 0.847. The number of ether oxygens (including phenoxy) is 2. The number of nitrogens with two attached hydrogens (primary N) is 2. The minimum Gasteiger partial charge on any atom is -0.454 e. The summed E-state index contributed by atoms with van der Waals surface area (Å²) in [5.41, 5.74) is 12.5. The molecule has 1 aromatic rings. The first kappa shape index (κ1) is 13.6. The SMILES string of the molecule is Cl.NCC[C@@H](N)c1cc2c(cc1Br)OCO2. The van der Waals surface area contributed by atoms with E-state index in [0.29, 0.717) is 6.54 Å². The van der Waals surface area contributed by atoms with E-state index in [-0.39, 0.29) is 25.2 Å². The number of hydrogen-bond acceptors (Lipinski definition) is 4. The standard InChI is InChI=1S/C10H13BrN2O2.ClH/c11-7-4-10-9(14-5-15-10)3-6(7)8(13)1-2-12;/h3-4,8H,1-2,5,12-13H2;1H/t8-;/m1./s1. The van der Waals surface area contributed by atoms with Gasteiger partial charge in [0.2, 0.25) is 6.79 Å². The van der Waals surface area contributed by atoms with E-state index in [1.807, 2.05) is 12.1 Å². The average Bonchev–Trinajstić information content (AvgIpc) is 2.63. The summed E-state index contributed by atoms with van der Waals surface area (Å²) < 4.78 is 11.5. The highest BCUT2D eigenvalue weighted by molar-refractivity contribution is 9.10. The van der Waals surface area contributed by atoms with Crippen molar-refractivity contribution in [3.05, 3.63) is 22.2 Å². The Morgan fingerprint density at radius 1 is 1.31 bits per heavy atom. The monoisotopic (exact) mass is 308 g/mol. The van der Waals surface area contributed by atoms with Crippen molar-refractivity contribution in [3.63, 3.8) is 0 Å². The van der Waals surface area contributed by atoms with E-state index < -0.39 is 0 Å². The molecule has 0 spiro atoms. The molecule has 0 saturated heterocycles. The zero-order chi connectivity index (χ0) is 10.8. The number of fused-ring (bicyclic) bond motifs is 1. The molecule has 0 fully saturated rings. The van der Waals surface area contributed by atoms with Crippen molar-refractivity contribution >= 4 is 28.3 Å². The Morgan fingerprint density at radius 2 is 1.94 bits per heavy atom. The van der Waals surface area contributed by atoms with Crippen LogP contribution in [0.1, 0.15) is 18.0 Å². The van der Waals surface area contributed by atoms with Gasteiger partial charge >= 0.3 is 0 Å². The molecule has 1 heterocycles. The predicted octanol–water partition coefficient (Wildman–Crippen LogP) is 1.95. The lowest BCUT2D eigenvalue weighted by molar-refractivity contribution is 0.174. The molecular weight excluding hydrogens is 295 g/mol. The number of halogens is 2. The lowest BCUT2D eigenvalue weighted by Crippen LogP contribution is -2.15. The molecule has 0 aliphatic carbocycles. The molecule has 1 atom stereocenters. The molecule has 1 aliphatic heterocycles. The molecular formula is C10H14BrClN2O2. The Bertz CT molecular complexity index is 376. The van der Waals surface area contributed by atoms with Crippen LogP contribution < -0.4 is 20.9 Å². The summed E-state index contributed by atoms with van der Waals surface area (Å²) in [4.78, 5) is 0. The van der Waals surface area contributed by atoms with Crippen molar-refractivity contribution in [2.24, 2.45) is 11.5 Å². The average molecular weight is 310 g/mol. The van der Waals surface area contributed by atoms with Crippen LogP contribution in [-0.4, -0.2) is 13.3 Å². The zero-order valence-electron chi connectivity index (χ0n) is 8.61. The minimum atomic E-state index is -0.0705. The predicted molar refractivity (Wildman–Crippen MR) is 68.1 cm³/mol. The molecule has 6 heteroatoms. The van der Waals surface area contributed by atoms with E-state index in [1.165, 1.54) is 0 Å². The van der Waals surface area contributed by atoms with Crippen LogP contribution in [0.3, 0.4) is 0 Å². The fraction of sp³-hybridized carbons (Fsp3) is 0.400. The number of rotatable bonds is 3. The first-order valence-electron chi connectivity index (χ1n) is 4.77.